The smallest absolute Gasteiger partial charge is 0.265 e. The quantitative estimate of drug-likeness (QED) is 0.885. The topological polar surface area (TPSA) is 79.2 Å². The van der Waals surface area contributed by atoms with Crippen LogP contribution in [0.4, 0.5) is 5.69 Å². The van der Waals surface area contributed by atoms with Crippen LogP contribution >= 0.6 is 0 Å². The lowest BCUT2D eigenvalue weighted by Crippen LogP contribution is -2.31. The Balaban J connectivity index is 2.48. The molecule has 0 amide bonds. The predicted molar refractivity (Wildman–Crippen MR) is 80.1 cm³/mol. The molecule has 0 saturated heterocycles. The van der Waals surface area contributed by atoms with Crippen LogP contribution < -0.4 is 10.0 Å². The van der Waals surface area contributed by atoms with Gasteiger partial charge in [0.15, 0.2) is 0 Å². The first-order valence-electron chi connectivity index (χ1n) is 6.46. The molecule has 5 nitrogen and oxygen atoms in total. The third-order valence-corrected chi connectivity index (χ3v) is 5.06. The van der Waals surface area contributed by atoms with E-state index in [0.29, 0.717) is 17.9 Å². The van der Waals surface area contributed by atoms with Crippen LogP contribution in [0.1, 0.15) is 18.2 Å². The number of benzene rings is 1. The molecule has 0 bridgehead atoms. The van der Waals surface area contributed by atoms with Gasteiger partial charge in [0.1, 0.15) is 4.90 Å². The monoisotopic (exact) mass is 293 g/mol. The number of para-hydroxylation sites is 1. The van der Waals surface area contributed by atoms with Crippen LogP contribution in [0.3, 0.4) is 0 Å². The van der Waals surface area contributed by atoms with Crippen molar-refractivity contribution in [3.63, 3.8) is 0 Å². The average molecular weight is 293 g/mol. The van der Waals surface area contributed by atoms with E-state index in [1.807, 2.05) is 38.1 Å². The van der Waals surface area contributed by atoms with Gasteiger partial charge in [-0.1, -0.05) is 18.2 Å². The van der Waals surface area contributed by atoms with Crippen LogP contribution in [0.2, 0.25) is 0 Å². The molecule has 0 unspecified atom stereocenters. The number of aromatic nitrogens is 1. The summed E-state index contributed by atoms with van der Waals surface area (Å²) >= 11 is 0. The molecule has 2 rings (SSSR count). The number of H-pyrrole nitrogens is 1. The third kappa shape index (κ3) is 2.57. The van der Waals surface area contributed by atoms with E-state index in [0.717, 1.165) is 5.56 Å². The molecule has 0 spiro atoms. The normalized spacial score (nSPS) is 11.6. The average Bonchev–Trinajstić information content (AvgIpc) is 2.91. The number of nitrogens with zero attached hydrogens (tertiary/aromatic N) is 1. The zero-order chi connectivity index (χ0) is 14.8. The molecule has 1 aromatic heterocycles. The van der Waals surface area contributed by atoms with E-state index in [4.69, 9.17) is 5.73 Å². The molecule has 0 aliphatic heterocycles. The molecule has 6 heteroatoms. The van der Waals surface area contributed by atoms with Gasteiger partial charge in [0.2, 0.25) is 0 Å². The largest absolute Gasteiger partial charge is 0.363 e. The molecule has 108 valence electrons. The van der Waals surface area contributed by atoms with Crippen LogP contribution in [0, 0.1) is 6.92 Å². The Kier molecular flexibility index (Phi) is 4.15. The van der Waals surface area contributed by atoms with Crippen molar-refractivity contribution in [2.45, 2.75) is 25.3 Å². The summed E-state index contributed by atoms with van der Waals surface area (Å²) in [5.41, 5.74) is 7.83. The third-order valence-electron chi connectivity index (χ3n) is 3.20. The Labute approximate surface area is 119 Å². The van der Waals surface area contributed by atoms with Crippen LogP contribution in [-0.4, -0.2) is 19.9 Å². The van der Waals surface area contributed by atoms with Crippen molar-refractivity contribution in [3.05, 3.63) is 47.8 Å². The molecule has 0 radical (unpaired) electrons. The fourth-order valence-electron chi connectivity index (χ4n) is 2.13. The van der Waals surface area contributed by atoms with Gasteiger partial charge in [-0.15, -0.1) is 0 Å². The standard InChI is InChI=1S/C14H19N3O2S/c1-3-17(14-7-5-4-6-11(14)2)20(18,19)13-8-12(9-15)16-10-13/h4-8,10,16H,3,9,15H2,1-2H3. The zero-order valence-electron chi connectivity index (χ0n) is 11.6. The van der Waals surface area contributed by atoms with Crippen LogP contribution in [0.5, 0.6) is 0 Å². The summed E-state index contributed by atoms with van der Waals surface area (Å²) in [5.74, 6) is 0. The number of nitrogens with one attached hydrogen (secondary N) is 1. The highest BCUT2D eigenvalue weighted by atomic mass is 32.2. The molecule has 0 aliphatic carbocycles. The van der Waals surface area contributed by atoms with Gasteiger partial charge in [-0.25, -0.2) is 8.42 Å². The molecule has 0 fully saturated rings. The van der Waals surface area contributed by atoms with Crippen molar-refractivity contribution in [1.82, 2.24) is 4.98 Å². The van der Waals surface area contributed by atoms with Crippen LogP contribution in [0.25, 0.3) is 0 Å². The fraction of sp³-hybridized carbons (Fsp3) is 0.286. The van der Waals surface area contributed by atoms with E-state index in [2.05, 4.69) is 4.98 Å². The number of anilines is 1. The first-order chi connectivity index (χ1) is 9.50. The highest BCUT2D eigenvalue weighted by Crippen LogP contribution is 2.26. The van der Waals surface area contributed by atoms with Gasteiger partial charge in [-0.05, 0) is 31.5 Å². The van der Waals surface area contributed by atoms with Gasteiger partial charge in [0.05, 0.1) is 5.69 Å². The number of nitrogens with two attached hydrogens (primary N) is 1. The molecule has 0 saturated carbocycles. The van der Waals surface area contributed by atoms with Crippen molar-refractivity contribution in [1.29, 1.82) is 0 Å². The maximum absolute atomic E-state index is 12.7. The Hall–Kier alpha value is -1.79. The summed E-state index contributed by atoms with van der Waals surface area (Å²) in [7, 11) is -3.57. The summed E-state index contributed by atoms with van der Waals surface area (Å²) in [6.45, 7) is 4.37. The lowest BCUT2D eigenvalue weighted by atomic mass is 10.2. The Morgan fingerprint density at radius 1 is 1.30 bits per heavy atom. The summed E-state index contributed by atoms with van der Waals surface area (Å²) in [6, 6.07) is 9.02. The fourth-order valence-corrected chi connectivity index (χ4v) is 3.68. The summed E-state index contributed by atoms with van der Waals surface area (Å²) in [5, 5.41) is 0. The summed E-state index contributed by atoms with van der Waals surface area (Å²) in [6.07, 6.45) is 1.48. The van der Waals surface area contributed by atoms with E-state index in [1.54, 1.807) is 6.07 Å². The van der Waals surface area contributed by atoms with Crippen LogP contribution in [0.15, 0.2) is 41.4 Å². The number of hydrogen-bond donors (Lipinski definition) is 2. The lowest BCUT2D eigenvalue weighted by molar-refractivity contribution is 0.592. The highest BCUT2D eigenvalue weighted by Gasteiger charge is 2.25. The van der Waals surface area contributed by atoms with Gasteiger partial charge in [0.25, 0.3) is 10.0 Å². The number of hydrogen-bond acceptors (Lipinski definition) is 3. The molecule has 0 aliphatic rings. The molecule has 3 N–H and O–H groups in total. The molecule has 1 aromatic carbocycles. The first kappa shape index (κ1) is 14.6. The van der Waals surface area contributed by atoms with Crippen molar-refractivity contribution in [3.8, 4) is 0 Å². The summed E-state index contributed by atoms with van der Waals surface area (Å²) in [4.78, 5) is 3.11. The SMILES string of the molecule is CCN(c1ccccc1C)S(=O)(=O)c1c[nH]c(CN)c1. The van der Waals surface area contributed by atoms with E-state index < -0.39 is 10.0 Å². The molecule has 20 heavy (non-hydrogen) atoms. The van der Waals surface area contributed by atoms with E-state index in [-0.39, 0.29) is 11.4 Å². The van der Waals surface area contributed by atoms with E-state index in [9.17, 15) is 8.42 Å². The van der Waals surface area contributed by atoms with Crippen molar-refractivity contribution >= 4 is 15.7 Å². The molecule has 2 aromatic rings. The second-order valence-corrected chi connectivity index (χ2v) is 6.38. The second kappa shape index (κ2) is 5.68. The van der Waals surface area contributed by atoms with Crippen LogP contribution in [-0.2, 0) is 16.6 Å². The van der Waals surface area contributed by atoms with Crippen molar-refractivity contribution < 1.29 is 8.42 Å². The van der Waals surface area contributed by atoms with Gasteiger partial charge >= 0.3 is 0 Å². The Morgan fingerprint density at radius 3 is 2.55 bits per heavy atom. The van der Waals surface area contributed by atoms with E-state index >= 15 is 0 Å². The Bertz CT molecular complexity index is 692. The predicted octanol–water partition coefficient (Wildman–Crippen LogP) is 2.00. The minimum Gasteiger partial charge on any atom is -0.363 e. The Morgan fingerprint density at radius 2 is 2.00 bits per heavy atom. The maximum Gasteiger partial charge on any atom is 0.265 e. The van der Waals surface area contributed by atoms with Gasteiger partial charge in [-0.2, -0.15) is 0 Å². The summed E-state index contributed by atoms with van der Waals surface area (Å²) < 4.78 is 26.8. The molecule has 0 atom stereocenters. The first-order valence-corrected chi connectivity index (χ1v) is 7.90. The molecule has 1 heterocycles. The maximum atomic E-state index is 12.7. The van der Waals surface area contributed by atoms with Crippen molar-refractivity contribution in [2.75, 3.05) is 10.8 Å². The minimum absolute atomic E-state index is 0.239. The number of rotatable bonds is 5. The van der Waals surface area contributed by atoms with Gasteiger partial charge < -0.3 is 10.7 Å². The minimum atomic E-state index is -3.57. The molecular weight excluding hydrogens is 274 g/mol. The number of aryl methyl sites for hydroxylation is 1. The second-order valence-electron chi connectivity index (χ2n) is 4.52. The number of aromatic amines is 1. The van der Waals surface area contributed by atoms with Gasteiger partial charge in [-0.3, -0.25) is 4.31 Å². The van der Waals surface area contributed by atoms with Gasteiger partial charge in [0, 0.05) is 25.0 Å². The van der Waals surface area contributed by atoms with E-state index in [1.165, 1.54) is 10.5 Å². The highest BCUT2D eigenvalue weighted by molar-refractivity contribution is 7.92. The lowest BCUT2D eigenvalue weighted by Gasteiger charge is -2.23. The zero-order valence-corrected chi connectivity index (χ0v) is 12.4. The molecular formula is C14H19N3O2S. The van der Waals surface area contributed by atoms with Crippen molar-refractivity contribution in [2.24, 2.45) is 5.73 Å². The number of sulfonamides is 1.